The lowest BCUT2D eigenvalue weighted by Crippen LogP contribution is -2.42. The zero-order valence-electron chi connectivity index (χ0n) is 10.6. The maximum absolute atomic E-state index is 12.0. The van der Waals surface area contributed by atoms with Gasteiger partial charge in [-0.05, 0) is 24.8 Å². The second kappa shape index (κ2) is 6.54. The monoisotopic (exact) mass is 270 g/mol. The van der Waals surface area contributed by atoms with Crippen LogP contribution in [0.15, 0.2) is 17.5 Å². The van der Waals surface area contributed by atoms with Crippen LogP contribution < -0.4 is 0 Å². The molecule has 18 heavy (non-hydrogen) atoms. The van der Waals surface area contributed by atoms with Crippen LogP contribution in [0.3, 0.4) is 0 Å². The fraction of sp³-hybridized carbons (Fsp3) is 0.538. The van der Waals surface area contributed by atoms with Crippen LogP contribution in [0.25, 0.3) is 0 Å². The zero-order valence-corrected chi connectivity index (χ0v) is 11.5. The molecule has 0 spiro atoms. The van der Waals surface area contributed by atoms with E-state index in [1.165, 1.54) is 11.3 Å². The third kappa shape index (κ3) is 3.10. The van der Waals surface area contributed by atoms with Crippen LogP contribution in [0.4, 0.5) is 0 Å². The van der Waals surface area contributed by atoms with Gasteiger partial charge < -0.3 is 9.84 Å². The number of carbonyl (C=O) groups excluding carboxylic acids is 1. The van der Waals surface area contributed by atoms with Gasteiger partial charge in [-0.25, -0.2) is 0 Å². The molecule has 0 bridgehead atoms. The summed E-state index contributed by atoms with van der Waals surface area (Å²) in [5.74, 6) is -1.73. The fourth-order valence-electron chi connectivity index (χ4n) is 1.94. The van der Waals surface area contributed by atoms with Gasteiger partial charge in [0.2, 0.25) is 0 Å². The molecule has 0 aliphatic carbocycles. The Kier molecular flexibility index (Phi) is 5.34. The number of carboxylic acid groups (broad SMARTS) is 1. The summed E-state index contributed by atoms with van der Waals surface area (Å²) in [6.45, 7) is 3.74. The molecule has 0 aromatic carbocycles. The van der Waals surface area contributed by atoms with Crippen LogP contribution >= 0.6 is 11.3 Å². The van der Waals surface area contributed by atoms with Gasteiger partial charge in [-0.3, -0.25) is 9.59 Å². The highest BCUT2D eigenvalue weighted by molar-refractivity contribution is 7.09. The molecule has 0 aliphatic rings. The van der Waals surface area contributed by atoms with E-state index in [2.05, 4.69) is 0 Å². The Morgan fingerprint density at radius 3 is 2.61 bits per heavy atom. The average Bonchev–Trinajstić information content (AvgIpc) is 2.81. The lowest BCUT2D eigenvalue weighted by molar-refractivity contribution is -0.169. The topological polar surface area (TPSA) is 63.6 Å². The maximum Gasteiger partial charge on any atom is 0.323 e. The van der Waals surface area contributed by atoms with Crippen LogP contribution in [0.2, 0.25) is 0 Å². The highest BCUT2D eigenvalue weighted by atomic mass is 32.1. The van der Waals surface area contributed by atoms with Crippen molar-refractivity contribution >= 4 is 23.3 Å². The molecule has 0 aliphatic heterocycles. The standard InChI is InChI=1S/C13H18O4S/c1-3-7-13(11(14)15,12(16)17-4-2)9-10-6-5-8-18-10/h5-6,8H,3-4,7,9H2,1-2H3,(H,14,15). The first-order valence-electron chi connectivity index (χ1n) is 5.99. The first-order chi connectivity index (χ1) is 8.56. The summed E-state index contributed by atoms with van der Waals surface area (Å²) in [7, 11) is 0. The molecule has 0 saturated heterocycles. The zero-order chi connectivity index (χ0) is 13.6. The first kappa shape index (κ1) is 14.7. The Bertz CT molecular complexity index is 399. The molecule has 1 rings (SSSR count). The van der Waals surface area contributed by atoms with E-state index < -0.39 is 17.4 Å². The molecule has 1 aromatic rings. The summed E-state index contributed by atoms with van der Waals surface area (Å²) in [6, 6.07) is 3.70. The first-order valence-corrected chi connectivity index (χ1v) is 6.87. The SMILES string of the molecule is CCCC(Cc1cccs1)(C(=O)O)C(=O)OCC. The van der Waals surface area contributed by atoms with Crippen molar-refractivity contribution in [3.05, 3.63) is 22.4 Å². The Morgan fingerprint density at radius 1 is 1.44 bits per heavy atom. The number of thiophene rings is 1. The van der Waals surface area contributed by atoms with Crippen molar-refractivity contribution in [3.8, 4) is 0 Å². The molecule has 4 nitrogen and oxygen atoms in total. The molecule has 0 amide bonds. The second-order valence-corrected chi connectivity index (χ2v) is 5.15. The van der Waals surface area contributed by atoms with Crippen LogP contribution in [0.5, 0.6) is 0 Å². The predicted octanol–water partition coefficient (Wildman–Crippen LogP) is 2.72. The van der Waals surface area contributed by atoms with E-state index in [-0.39, 0.29) is 13.0 Å². The molecule has 100 valence electrons. The molecule has 1 atom stereocenters. The summed E-state index contributed by atoms with van der Waals surface area (Å²) >= 11 is 1.46. The van der Waals surface area contributed by atoms with Gasteiger partial charge >= 0.3 is 11.9 Å². The lowest BCUT2D eigenvalue weighted by atomic mass is 9.79. The highest BCUT2D eigenvalue weighted by Crippen LogP contribution is 2.32. The molecular formula is C13H18O4S. The van der Waals surface area contributed by atoms with Crippen LogP contribution in [-0.4, -0.2) is 23.7 Å². The van der Waals surface area contributed by atoms with Crippen molar-refractivity contribution in [3.63, 3.8) is 0 Å². The van der Waals surface area contributed by atoms with Crippen molar-refractivity contribution in [2.24, 2.45) is 5.41 Å². The molecule has 1 heterocycles. The quantitative estimate of drug-likeness (QED) is 0.611. The van der Waals surface area contributed by atoms with Crippen molar-refractivity contribution < 1.29 is 19.4 Å². The van der Waals surface area contributed by atoms with E-state index in [1.807, 2.05) is 24.4 Å². The number of carbonyl (C=O) groups is 2. The van der Waals surface area contributed by atoms with E-state index >= 15 is 0 Å². The normalized spacial score (nSPS) is 13.9. The van der Waals surface area contributed by atoms with Gasteiger partial charge in [0.15, 0.2) is 5.41 Å². The maximum atomic E-state index is 12.0. The smallest absolute Gasteiger partial charge is 0.323 e. The summed E-state index contributed by atoms with van der Waals surface area (Å²) in [5.41, 5.74) is -1.45. The number of carboxylic acids is 1. The second-order valence-electron chi connectivity index (χ2n) is 4.11. The van der Waals surface area contributed by atoms with Crippen LogP contribution in [0, 0.1) is 5.41 Å². The van der Waals surface area contributed by atoms with Gasteiger partial charge in [0.25, 0.3) is 0 Å². The van der Waals surface area contributed by atoms with Crippen molar-refractivity contribution in [2.75, 3.05) is 6.61 Å². The van der Waals surface area contributed by atoms with Gasteiger partial charge in [-0.15, -0.1) is 11.3 Å². The minimum Gasteiger partial charge on any atom is -0.480 e. The number of esters is 1. The van der Waals surface area contributed by atoms with Crippen LogP contribution in [0.1, 0.15) is 31.6 Å². The predicted molar refractivity (Wildman–Crippen MR) is 69.6 cm³/mol. The average molecular weight is 270 g/mol. The number of ether oxygens (including phenoxy) is 1. The molecule has 0 radical (unpaired) electrons. The minimum atomic E-state index is -1.45. The third-order valence-corrected chi connectivity index (χ3v) is 3.68. The van der Waals surface area contributed by atoms with Gasteiger partial charge in [0, 0.05) is 11.3 Å². The molecule has 5 heteroatoms. The minimum absolute atomic E-state index is 0.196. The summed E-state index contributed by atoms with van der Waals surface area (Å²) < 4.78 is 4.95. The van der Waals surface area contributed by atoms with Crippen molar-refractivity contribution in [1.82, 2.24) is 0 Å². The largest absolute Gasteiger partial charge is 0.480 e. The number of aliphatic carboxylic acids is 1. The molecule has 0 fully saturated rings. The van der Waals surface area contributed by atoms with Crippen LogP contribution in [-0.2, 0) is 20.7 Å². The van der Waals surface area contributed by atoms with Gasteiger partial charge in [-0.2, -0.15) is 0 Å². The highest BCUT2D eigenvalue weighted by Gasteiger charge is 2.47. The van der Waals surface area contributed by atoms with Crippen molar-refractivity contribution in [1.29, 1.82) is 0 Å². The third-order valence-electron chi connectivity index (χ3n) is 2.81. The molecular weight excluding hydrogens is 252 g/mol. The summed E-state index contributed by atoms with van der Waals surface area (Å²) in [6.07, 6.45) is 1.11. The fourth-order valence-corrected chi connectivity index (χ4v) is 2.76. The van der Waals surface area contributed by atoms with Gasteiger partial charge in [0.05, 0.1) is 6.61 Å². The molecule has 0 saturated carbocycles. The van der Waals surface area contributed by atoms with E-state index in [0.717, 1.165) is 4.88 Å². The summed E-state index contributed by atoms with van der Waals surface area (Å²) in [4.78, 5) is 24.5. The molecule has 1 N–H and O–H groups in total. The summed E-state index contributed by atoms with van der Waals surface area (Å²) in [5, 5.41) is 11.3. The van der Waals surface area contributed by atoms with E-state index in [4.69, 9.17) is 4.74 Å². The molecule has 1 unspecified atom stereocenters. The number of hydrogen-bond donors (Lipinski definition) is 1. The Balaban J connectivity index is 3.04. The van der Waals surface area contributed by atoms with Gasteiger partial charge in [0.1, 0.15) is 0 Å². The molecule has 1 aromatic heterocycles. The Hall–Kier alpha value is -1.36. The number of rotatable bonds is 7. The number of hydrogen-bond acceptors (Lipinski definition) is 4. The van der Waals surface area contributed by atoms with E-state index in [9.17, 15) is 14.7 Å². The Labute approximate surface area is 111 Å². The van der Waals surface area contributed by atoms with Gasteiger partial charge in [-0.1, -0.05) is 19.4 Å². The van der Waals surface area contributed by atoms with E-state index in [0.29, 0.717) is 12.8 Å². The van der Waals surface area contributed by atoms with Crippen molar-refractivity contribution in [2.45, 2.75) is 33.1 Å². The van der Waals surface area contributed by atoms with E-state index in [1.54, 1.807) is 6.92 Å². The lowest BCUT2D eigenvalue weighted by Gasteiger charge is -2.26. The Morgan fingerprint density at radius 2 is 2.17 bits per heavy atom.